The van der Waals surface area contributed by atoms with Crippen LogP contribution in [0.3, 0.4) is 0 Å². The maximum absolute atomic E-state index is 14.6. The van der Waals surface area contributed by atoms with Crippen molar-refractivity contribution in [3.05, 3.63) is 114 Å². The number of para-hydroxylation sites is 1. The molecule has 46 heavy (non-hydrogen) atoms. The summed E-state index contributed by atoms with van der Waals surface area (Å²) >= 11 is 0. The topological polar surface area (TPSA) is 139 Å². The minimum atomic E-state index is -0.809. The lowest BCUT2D eigenvalue weighted by Crippen LogP contribution is -2.52. The molecule has 0 saturated heterocycles. The summed E-state index contributed by atoms with van der Waals surface area (Å²) in [6.07, 6.45) is 0.652. The van der Waals surface area contributed by atoms with Crippen molar-refractivity contribution in [1.82, 2.24) is 25.9 Å². The van der Waals surface area contributed by atoms with Crippen molar-refractivity contribution in [1.29, 1.82) is 0 Å². The number of anilines is 1. The number of ether oxygens (including phenoxy) is 1. The Morgan fingerprint density at radius 2 is 1.67 bits per heavy atom. The number of aromatic amines is 1. The van der Waals surface area contributed by atoms with E-state index in [-0.39, 0.29) is 24.2 Å². The van der Waals surface area contributed by atoms with Gasteiger partial charge in [-0.3, -0.25) is 9.59 Å². The summed E-state index contributed by atoms with van der Waals surface area (Å²) in [5, 5.41) is 17.6. The van der Waals surface area contributed by atoms with Crippen LogP contribution in [0.15, 0.2) is 97.1 Å². The van der Waals surface area contributed by atoms with Crippen LogP contribution in [0.2, 0.25) is 0 Å². The highest BCUT2D eigenvalue weighted by atomic mass is 16.5. The molecule has 4 aromatic carbocycles. The zero-order chi connectivity index (χ0) is 32.3. The number of nitrogens with one attached hydrogen (secondary N) is 2. The van der Waals surface area contributed by atoms with Crippen LogP contribution in [0.4, 0.5) is 5.69 Å². The van der Waals surface area contributed by atoms with Gasteiger partial charge in [0.2, 0.25) is 11.7 Å². The quantitative estimate of drug-likeness (QED) is 0.211. The summed E-state index contributed by atoms with van der Waals surface area (Å²) in [5.41, 5.74) is 12.0. The Bertz CT molecular complexity index is 1810. The molecule has 234 valence electrons. The molecular weight excluding hydrogens is 578 g/mol. The molecule has 1 unspecified atom stereocenters. The summed E-state index contributed by atoms with van der Waals surface area (Å²) in [4.78, 5) is 29.7. The molecule has 0 fully saturated rings. The maximum Gasteiger partial charge on any atom is 0.250 e. The third kappa shape index (κ3) is 6.67. The number of rotatable bonds is 9. The standard InChI is InChI=1S/C36H37N7O3/c1-36(2,37)21-32(44)38-33-30(25-16-18-27(46-3)19-17-25)20-26-8-4-7-11-31(26)43(35(33)45)22-23-12-14-24(15-13-23)28-9-5-6-10-29(28)34-39-41-42-40-34/h4-19,30,33H,20-22,37H2,1-3H3,(H,38,44)(H,39,40,41,42)/t30?,33-/m1/s1. The molecule has 0 radical (unpaired) electrons. The van der Waals surface area contributed by atoms with Gasteiger partial charge in [-0.2, -0.15) is 5.21 Å². The fourth-order valence-corrected chi connectivity index (χ4v) is 6.06. The third-order valence-electron chi connectivity index (χ3n) is 8.25. The lowest BCUT2D eigenvalue weighted by molar-refractivity contribution is -0.128. The number of tetrazole rings is 1. The first-order chi connectivity index (χ1) is 22.2. The predicted octanol–water partition coefficient (Wildman–Crippen LogP) is 5.03. The predicted molar refractivity (Wildman–Crippen MR) is 177 cm³/mol. The first-order valence-electron chi connectivity index (χ1n) is 15.2. The number of aromatic nitrogens is 4. The van der Waals surface area contributed by atoms with Crippen LogP contribution in [0.5, 0.6) is 5.75 Å². The third-order valence-corrected chi connectivity index (χ3v) is 8.25. The Morgan fingerprint density at radius 3 is 2.35 bits per heavy atom. The van der Waals surface area contributed by atoms with E-state index in [1.54, 1.807) is 25.9 Å². The first kappa shape index (κ1) is 30.7. The summed E-state index contributed by atoms with van der Waals surface area (Å²) in [5.74, 6) is 0.488. The fraction of sp³-hybridized carbons (Fsp3) is 0.250. The number of hydrogen-bond donors (Lipinski definition) is 3. The number of methoxy groups -OCH3 is 1. The van der Waals surface area contributed by atoms with E-state index in [1.165, 1.54) is 0 Å². The van der Waals surface area contributed by atoms with Gasteiger partial charge < -0.3 is 20.7 Å². The molecule has 10 nitrogen and oxygen atoms in total. The van der Waals surface area contributed by atoms with Crippen molar-refractivity contribution in [2.45, 2.75) is 50.7 Å². The monoisotopic (exact) mass is 615 g/mol. The lowest BCUT2D eigenvalue weighted by atomic mass is 9.86. The second-order valence-corrected chi connectivity index (χ2v) is 12.3. The van der Waals surface area contributed by atoms with E-state index in [9.17, 15) is 9.59 Å². The molecule has 0 bridgehead atoms. The Morgan fingerprint density at radius 1 is 0.978 bits per heavy atom. The summed E-state index contributed by atoms with van der Waals surface area (Å²) in [6.45, 7) is 3.93. The number of benzene rings is 4. The number of nitrogens with two attached hydrogens (primary N) is 1. The van der Waals surface area contributed by atoms with Crippen molar-refractivity contribution in [3.63, 3.8) is 0 Å². The lowest BCUT2D eigenvalue weighted by Gasteiger charge is -2.30. The second kappa shape index (κ2) is 12.9. The number of H-pyrrole nitrogens is 1. The molecular formula is C36H37N7O3. The molecule has 4 N–H and O–H groups in total. The average Bonchev–Trinajstić information content (AvgIpc) is 3.57. The highest BCUT2D eigenvalue weighted by Crippen LogP contribution is 2.37. The fourth-order valence-electron chi connectivity index (χ4n) is 6.06. The highest BCUT2D eigenvalue weighted by Gasteiger charge is 2.39. The number of hydrogen-bond acceptors (Lipinski definition) is 7. The van der Waals surface area contributed by atoms with Gasteiger partial charge in [0.1, 0.15) is 11.8 Å². The van der Waals surface area contributed by atoms with E-state index in [4.69, 9.17) is 10.5 Å². The van der Waals surface area contributed by atoms with Crippen molar-refractivity contribution in [2.75, 3.05) is 12.0 Å². The second-order valence-electron chi connectivity index (χ2n) is 12.3. The van der Waals surface area contributed by atoms with Crippen LogP contribution in [0.1, 0.15) is 42.9 Å². The van der Waals surface area contributed by atoms with Crippen molar-refractivity contribution in [3.8, 4) is 28.3 Å². The van der Waals surface area contributed by atoms with E-state index in [1.807, 2.05) is 91.0 Å². The molecule has 0 spiro atoms. The highest BCUT2D eigenvalue weighted by molar-refractivity contribution is 6.01. The van der Waals surface area contributed by atoms with Crippen molar-refractivity contribution in [2.24, 2.45) is 5.73 Å². The van der Waals surface area contributed by atoms with Gasteiger partial charge in [0, 0.05) is 29.1 Å². The molecule has 2 amide bonds. The van der Waals surface area contributed by atoms with Gasteiger partial charge in [-0.05, 0) is 71.5 Å². The summed E-state index contributed by atoms with van der Waals surface area (Å²) in [6, 6.07) is 30.8. The van der Waals surface area contributed by atoms with E-state index in [2.05, 4.69) is 32.0 Å². The van der Waals surface area contributed by atoms with E-state index >= 15 is 0 Å². The Labute approximate surface area is 268 Å². The largest absolute Gasteiger partial charge is 0.497 e. The van der Waals surface area contributed by atoms with E-state index in [0.29, 0.717) is 18.8 Å². The molecule has 2 atom stereocenters. The van der Waals surface area contributed by atoms with Gasteiger partial charge >= 0.3 is 0 Å². The molecule has 0 aliphatic carbocycles. The normalized spacial score (nSPS) is 16.4. The number of amides is 2. The van der Waals surface area contributed by atoms with Gasteiger partial charge in [-0.25, -0.2) is 0 Å². The maximum atomic E-state index is 14.6. The van der Waals surface area contributed by atoms with Crippen molar-refractivity contribution >= 4 is 17.5 Å². The van der Waals surface area contributed by atoms with Crippen LogP contribution >= 0.6 is 0 Å². The van der Waals surface area contributed by atoms with Crippen LogP contribution < -0.4 is 20.7 Å². The molecule has 1 aromatic heterocycles. The Hall–Kier alpha value is -5.35. The minimum absolute atomic E-state index is 0.0891. The Kier molecular flexibility index (Phi) is 8.63. The smallest absolute Gasteiger partial charge is 0.250 e. The summed E-state index contributed by atoms with van der Waals surface area (Å²) in [7, 11) is 1.62. The van der Waals surface area contributed by atoms with Gasteiger partial charge in [0.15, 0.2) is 0 Å². The number of fused-ring (bicyclic) bond motifs is 1. The van der Waals surface area contributed by atoms with Crippen LogP contribution in [-0.4, -0.2) is 51.1 Å². The van der Waals surface area contributed by atoms with E-state index in [0.717, 1.165) is 44.8 Å². The molecule has 1 aliphatic rings. The molecule has 6 rings (SSSR count). The van der Waals surface area contributed by atoms with Crippen LogP contribution in [-0.2, 0) is 22.6 Å². The molecule has 10 heteroatoms. The molecule has 2 heterocycles. The van der Waals surface area contributed by atoms with Gasteiger partial charge in [-0.1, -0.05) is 78.9 Å². The van der Waals surface area contributed by atoms with Crippen molar-refractivity contribution < 1.29 is 14.3 Å². The van der Waals surface area contributed by atoms with E-state index < -0.39 is 11.6 Å². The summed E-state index contributed by atoms with van der Waals surface area (Å²) < 4.78 is 5.38. The van der Waals surface area contributed by atoms with Gasteiger partial charge in [0.25, 0.3) is 5.91 Å². The van der Waals surface area contributed by atoms with Crippen LogP contribution in [0, 0.1) is 0 Å². The molecule has 5 aromatic rings. The Balaban J connectivity index is 1.35. The van der Waals surface area contributed by atoms with Gasteiger partial charge in [0.05, 0.1) is 13.7 Å². The molecule has 0 saturated carbocycles. The number of nitrogens with zero attached hydrogens (tertiary/aromatic N) is 4. The molecule has 1 aliphatic heterocycles. The van der Waals surface area contributed by atoms with Crippen LogP contribution in [0.25, 0.3) is 22.5 Å². The zero-order valence-electron chi connectivity index (χ0n) is 26.1. The zero-order valence-corrected chi connectivity index (χ0v) is 26.1. The number of carbonyl (C=O) groups is 2. The first-order valence-corrected chi connectivity index (χ1v) is 15.2. The number of carbonyl (C=O) groups excluding carboxylic acids is 2. The average molecular weight is 616 g/mol. The SMILES string of the molecule is COc1ccc(C2Cc3ccccc3N(Cc3ccc(-c4ccccc4-c4nn[nH]n4)cc3)C(=O)[C@@H]2NC(=O)CC(C)(C)N)cc1. The van der Waals surface area contributed by atoms with Gasteiger partial charge in [-0.15, -0.1) is 10.2 Å². The minimum Gasteiger partial charge on any atom is -0.497 e.